The van der Waals surface area contributed by atoms with E-state index in [2.05, 4.69) is 33.8 Å². The van der Waals surface area contributed by atoms with Crippen molar-refractivity contribution in [3.63, 3.8) is 0 Å². The lowest BCUT2D eigenvalue weighted by atomic mass is 10.1. The minimum absolute atomic E-state index is 0.226. The maximum Gasteiger partial charge on any atom is 0.296 e. The molecule has 0 spiro atoms. The minimum atomic E-state index is -0.477. The van der Waals surface area contributed by atoms with Crippen molar-refractivity contribution in [3.8, 4) is 17.2 Å². The van der Waals surface area contributed by atoms with Gasteiger partial charge in [-0.15, -0.1) is 0 Å². The van der Waals surface area contributed by atoms with Crippen LogP contribution in [0.25, 0.3) is 10.9 Å². The van der Waals surface area contributed by atoms with Crippen LogP contribution in [0.2, 0.25) is 0 Å². The Morgan fingerprint density at radius 1 is 1.03 bits per heavy atom. The van der Waals surface area contributed by atoms with Gasteiger partial charge in [-0.3, -0.25) is 4.79 Å². The quantitative estimate of drug-likeness (QED) is 0.245. The van der Waals surface area contributed by atoms with Gasteiger partial charge in [0.1, 0.15) is 12.4 Å². The Morgan fingerprint density at radius 2 is 1.76 bits per heavy atom. The molecule has 1 heterocycles. The summed E-state index contributed by atoms with van der Waals surface area (Å²) in [4.78, 5) is 12.6. The van der Waals surface area contributed by atoms with Crippen molar-refractivity contribution in [2.24, 2.45) is 7.05 Å². The third-order valence-electron chi connectivity index (χ3n) is 5.81. The van der Waals surface area contributed by atoms with Crippen LogP contribution in [0.15, 0.2) is 46.3 Å². The van der Waals surface area contributed by atoms with E-state index < -0.39 is 5.56 Å². The van der Waals surface area contributed by atoms with Gasteiger partial charge in [-0.05, 0) is 58.2 Å². The largest absolute Gasteiger partial charge is 0.500 e. The Kier molecular flexibility index (Phi) is 11.1. The SMILES string of the molecule is CCCCCCCCOc1ccc2c(OC/C=C(\C)CCC=C(C)C)c(O)c(=O)n(C)c2c1. The summed E-state index contributed by atoms with van der Waals surface area (Å²) in [6.07, 6.45) is 13.4. The average Bonchev–Trinajstić information content (AvgIpc) is 2.79. The van der Waals surface area contributed by atoms with E-state index >= 15 is 0 Å². The molecule has 0 radical (unpaired) electrons. The van der Waals surface area contributed by atoms with Crippen LogP contribution in [-0.2, 0) is 7.05 Å². The molecule has 0 saturated carbocycles. The van der Waals surface area contributed by atoms with E-state index in [1.807, 2.05) is 24.3 Å². The number of hydrogen-bond donors (Lipinski definition) is 1. The van der Waals surface area contributed by atoms with E-state index in [4.69, 9.17) is 9.47 Å². The zero-order chi connectivity index (χ0) is 24.2. The van der Waals surface area contributed by atoms with Gasteiger partial charge >= 0.3 is 0 Å². The Bertz CT molecular complexity index is 1010. The lowest BCUT2D eigenvalue weighted by molar-refractivity contribution is 0.304. The molecule has 0 unspecified atom stereocenters. The third kappa shape index (κ3) is 8.30. The van der Waals surface area contributed by atoms with Gasteiger partial charge in [0.05, 0.1) is 12.1 Å². The van der Waals surface area contributed by atoms with Crippen molar-refractivity contribution in [2.75, 3.05) is 13.2 Å². The predicted molar refractivity (Wildman–Crippen MR) is 138 cm³/mol. The smallest absolute Gasteiger partial charge is 0.296 e. The first kappa shape index (κ1) is 26.6. The second-order valence-corrected chi connectivity index (χ2v) is 9.02. The molecule has 0 aliphatic carbocycles. The van der Waals surface area contributed by atoms with Gasteiger partial charge in [0.25, 0.3) is 5.56 Å². The molecular weight excluding hydrogens is 414 g/mol. The van der Waals surface area contributed by atoms with Crippen LogP contribution in [-0.4, -0.2) is 22.9 Å². The van der Waals surface area contributed by atoms with E-state index in [1.165, 1.54) is 47.8 Å². The standard InChI is InChI=1S/C28H41NO4/c1-6-7-8-9-10-11-18-32-23-15-16-24-25(20-23)29(5)28(31)26(30)27(24)33-19-17-22(4)14-12-13-21(2)3/h13,15-17,20,30H,6-12,14,18-19H2,1-5H3/b22-17+. The molecule has 2 aromatic rings. The fraction of sp³-hybridized carbons (Fsp3) is 0.536. The van der Waals surface area contributed by atoms with Crippen LogP contribution in [0, 0.1) is 0 Å². The van der Waals surface area contributed by atoms with Gasteiger partial charge in [0.2, 0.25) is 5.75 Å². The third-order valence-corrected chi connectivity index (χ3v) is 5.81. The van der Waals surface area contributed by atoms with Crippen LogP contribution in [0.5, 0.6) is 17.2 Å². The summed E-state index contributed by atoms with van der Waals surface area (Å²) in [6.45, 7) is 9.43. The van der Waals surface area contributed by atoms with E-state index in [0.29, 0.717) is 24.1 Å². The molecule has 1 aromatic carbocycles. The Morgan fingerprint density at radius 3 is 2.48 bits per heavy atom. The molecule has 1 aromatic heterocycles. The predicted octanol–water partition coefficient (Wildman–Crippen LogP) is 7.05. The maximum absolute atomic E-state index is 12.6. The topological polar surface area (TPSA) is 60.7 Å². The van der Waals surface area contributed by atoms with Crippen molar-refractivity contribution >= 4 is 10.9 Å². The van der Waals surface area contributed by atoms with Crippen molar-refractivity contribution in [1.82, 2.24) is 4.57 Å². The lowest BCUT2D eigenvalue weighted by Gasteiger charge is -2.14. The lowest BCUT2D eigenvalue weighted by Crippen LogP contribution is -2.18. The maximum atomic E-state index is 12.6. The highest BCUT2D eigenvalue weighted by atomic mass is 16.5. The summed E-state index contributed by atoms with van der Waals surface area (Å²) in [5.41, 5.74) is 2.73. The molecular formula is C28H41NO4. The zero-order valence-electron chi connectivity index (χ0n) is 21.1. The normalized spacial score (nSPS) is 11.6. The summed E-state index contributed by atoms with van der Waals surface area (Å²) in [5.74, 6) is 0.586. The molecule has 182 valence electrons. The second kappa shape index (κ2) is 13.8. The second-order valence-electron chi connectivity index (χ2n) is 9.02. The molecule has 0 bridgehead atoms. The number of allylic oxidation sites excluding steroid dienone is 3. The van der Waals surface area contributed by atoms with Gasteiger partial charge in [-0.25, -0.2) is 0 Å². The Labute approximate surface area is 198 Å². The number of nitrogens with zero attached hydrogens (tertiary/aromatic N) is 1. The van der Waals surface area contributed by atoms with E-state index in [-0.39, 0.29) is 11.5 Å². The summed E-state index contributed by atoms with van der Waals surface area (Å²) in [6, 6.07) is 5.57. The van der Waals surface area contributed by atoms with Crippen molar-refractivity contribution in [1.29, 1.82) is 0 Å². The van der Waals surface area contributed by atoms with Crippen molar-refractivity contribution in [3.05, 3.63) is 51.9 Å². The van der Waals surface area contributed by atoms with Crippen LogP contribution in [0.3, 0.4) is 0 Å². The molecule has 0 saturated heterocycles. The summed E-state index contributed by atoms with van der Waals surface area (Å²) in [5, 5.41) is 11.1. The first-order valence-electron chi connectivity index (χ1n) is 12.3. The Balaban J connectivity index is 2.08. The van der Waals surface area contributed by atoms with E-state index in [9.17, 15) is 9.90 Å². The highest BCUT2D eigenvalue weighted by Gasteiger charge is 2.16. The molecule has 5 heteroatoms. The molecule has 0 fully saturated rings. The van der Waals surface area contributed by atoms with Gasteiger partial charge in [0, 0.05) is 18.5 Å². The number of unbranched alkanes of at least 4 members (excludes halogenated alkanes) is 5. The number of aromatic nitrogens is 1. The highest BCUT2D eigenvalue weighted by molar-refractivity contribution is 5.88. The molecule has 1 N–H and O–H groups in total. The number of rotatable bonds is 14. The van der Waals surface area contributed by atoms with E-state index in [0.717, 1.165) is 25.0 Å². The van der Waals surface area contributed by atoms with Crippen LogP contribution in [0.4, 0.5) is 0 Å². The zero-order valence-corrected chi connectivity index (χ0v) is 21.1. The highest BCUT2D eigenvalue weighted by Crippen LogP contribution is 2.33. The first-order valence-corrected chi connectivity index (χ1v) is 12.3. The molecule has 0 atom stereocenters. The Hall–Kier alpha value is -2.69. The minimum Gasteiger partial charge on any atom is -0.500 e. The van der Waals surface area contributed by atoms with Crippen LogP contribution < -0.4 is 15.0 Å². The molecule has 0 aliphatic rings. The monoisotopic (exact) mass is 455 g/mol. The number of aromatic hydroxyl groups is 1. The fourth-order valence-electron chi connectivity index (χ4n) is 3.74. The van der Waals surface area contributed by atoms with Crippen molar-refractivity contribution < 1.29 is 14.6 Å². The summed E-state index contributed by atoms with van der Waals surface area (Å²) >= 11 is 0. The summed E-state index contributed by atoms with van der Waals surface area (Å²) in [7, 11) is 1.65. The number of benzene rings is 1. The number of aryl methyl sites for hydroxylation is 1. The van der Waals surface area contributed by atoms with Gasteiger partial charge in [-0.2, -0.15) is 0 Å². The fourth-order valence-corrected chi connectivity index (χ4v) is 3.74. The molecule has 2 rings (SSSR count). The molecule has 0 aliphatic heterocycles. The summed E-state index contributed by atoms with van der Waals surface area (Å²) < 4.78 is 13.2. The van der Waals surface area contributed by atoms with Gasteiger partial charge < -0.3 is 19.1 Å². The average molecular weight is 456 g/mol. The number of hydrogen-bond acceptors (Lipinski definition) is 4. The molecule has 33 heavy (non-hydrogen) atoms. The van der Waals surface area contributed by atoms with Crippen LogP contribution in [0.1, 0.15) is 79.1 Å². The molecule has 5 nitrogen and oxygen atoms in total. The van der Waals surface area contributed by atoms with Gasteiger partial charge in [0.15, 0.2) is 5.75 Å². The van der Waals surface area contributed by atoms with E-state index in [1.54, 1.807) is 7.05 Å². The van der Waals surface area contributed by atoms with Crippen molar-refractivity contribution in [2.45, 2.75) is 79.1 Å². The molecule has 0 amide bonds. The first-order chi connectivity index (χ1) is 15.8. The van der Waals surface area contributed by atoms with Crippen LogP contribution >= 0.6 is 0 Å². The van der Waals surface area contributed by atoms with Gasteiger partial charge in [-0.1, -0.05) is 56.3 Å². The number of pyridine rings is 1. The number of fused-ring (bicyclic) bond motifs is 1. The number of ether oxygens (including phenoxy) is 2.